The number of rotatable bonds is 2. The van der Waals surface area contributed by atoms with Gasteiger partial charge in [-0.1, -0.05) is 54.7 Å². The van der Waals surface area contributed by atoms with Crippen LogP contribution in [0.2, 0.25) is 0 Å². The smallest absolute Gasteiger partial charge is 0.0395 e. The van der Waals surface area contributed by atoms with E-state index in [1.54, 1.807) is 0 Å². The minimum atomic E-state index is 0.944. The summed E-state index contributed by atoms with van der Waals surface area (Å²) in [5, 5.41) is 0. The lowest BCUT2D eigenvalue weighted by molar-refractivity contribution is 1.48. The van der Waals surface area contributed by atoms with E-state index in [2.05, 4.69) is 18.2 Å². The number of hydrogen-bond donors (Lipinski definition) is 0. The van der Waals surface area contributed by atoms with Gasteiger partial charge >= 0.3 is 0 Å². The lowest BCUT2D eigenvalue weighted by Gasteiger charge is -1.91. The van der Waals surface area contributed by atoms with Crippen LogP contribution in [0.1, 0.15) is 55.4 Å². The molecule has 86 valence electrons. The highest BCUT2D eigenvalue weighted by Crippen LogP contribution is 1.90. The van der Waals surface area contributed by atoms with Crippen molar-refractivity contribution >= 4 is 5.71 Å². The molecule has 0 heterocycles. The SMILES string of the molecule is C=CN=C(C)C(=C)C.CC.CC.CC. The van der Waals surface area contributed by atoms with Crippen LogP contribution in [0.15, 0.2) is 29.9 Å². The van der Waals surface area contributed by atoms with E-state index in [1.807, 2.05) is 55.4 Å². The summed E-state index contributed by atoms with van der Waals surface area (Å²) in [7, 11) is 0. The lowest BCUT2D eigenvalue weighted by Crippen LogP contribution is -1.88. The van der Waals surface area contributed by atoms with E-state index in [1.165, 1.54) is 6.20 Å². The zero-order chi connectivity index (χ0) is 12.6. The van der Waals surface area contributed by atoms with Crippen molar-refractivity contribution in [3.05, 3.63) is 24.9 Å². The number of nitrogens with zero attached hydrogens (tertiary/aromatic N) is 1. The molecule has 0 spiro atoms. The van der Waals surface area contributed by atoms with Gasteiger partial charge in [0.25, 0.3) is 0 Å². The van der Waals surface area contributed by atoms with Gasteiger partial charge in [-0.25, -0.2) is 0 Å². The highest BCUT2D eigenvalue weighted by atomic mass is 14.7. The maximum absolute atomic E-state index is 3.91. The summed E-state index contributed by atoms with van der Waals surface area (Å²) in [5.74, 6) is 0. The molecule has 0 saturated carbocycles. The largest absolute Gasteiger partial charge is 0.262 e. The molecule has 0 aromatic rings. The van der Waals surface area contributed by atoms with Crippen LogP contribution in [0.3, 0.4) is 0 Å². The second kappa shape index (κ2) is 29.5. The van der Waals surface area contributed by atoms with E-state index in [0.717, 1.165) is 11.3 Å². The summed E-state index contributed by atoms with van der Waals surface area (Å²) in [6.07, 6.45) is 1.52. The number of allylic oxidation sites excluding steroid dienone is 1. The predicted octanol–water partition coefficient (Wildman–Crippen LogP) is 5.25. The molecule has 0 aromatic heterocycles. The van der Waals surface area contributed by atoms with E-state index in [-0.39, 0.29) is 0 Å². The van der Waals surface area contributed by atoms with E-state index < -0.39 is 0 Å². The van der Waals surface area contributed by atoms with Gasteiger partial charge in [-0.3, -0.25) is 4.99 Å². The summed E-state index contributed by atoms with van der Waals surface area (Å²) in [4.78, 5) is 3.91. The second-order valence-electron chi connectivity index (χ2n) is 1.68. The zero-order valence-corrected chi connectivity index (χ0v) is 11.4. The Bertz CT molecular complexity index is 132. The van der Waals surface area contributed by atoms with Crippen LogP contribution in [-0.4, -0.2) is 5.71 Å². The second-order valence-corrected chi connectivity index (χ2v) is 1.68. The van der Waals surface area contributed by atoms with Crippen LogP contribution in [-0.2, 0) is 0 Å². The van der Waals surface area contributed by atoms with Crippen molar-refractivity contribution in [2.45, 2.75) is 55.4 Å². The Balaban J connectivity index is -0.0000000708. The quantitative estimate of drug-likeness (QED) is 0.539. The summed E-state index contributed by atoms with van der Waals surface area (Å²) in [5.41, 5.74) is 1.94. The molecule has 0 bridgehead atoms. The molecular formula is C13H29N. The van der Waals surface area contributed by atoms with Crippen molar-refractivity contribution in [1.29, 1.82) is 0 Å². The molecule has 14 heavy (non-hydrogen) atoms. The van der Waals surface area contributed by atoms with Crippen LogP contribution in [0, 0.1) is 0 Å². The highest BCUT2D eigenvalue weighted by Gasteiger charge is 1.84. The normalized spacial score (nSPS) is 7.57. The van der Waals surface area contributed by atoms with Crippen molar-refractivity contribution in [2.24, 2.45) is 4.99 Å². The predicted molar refractivity (Wildman–Crippen MR) is 72.2 cm³/mol. The number of aliphatic imine (C=N–C) groups is 1. The maximum Gasteiger partial charge on any atom is 0.0395 e. The molecule has 0 unspecified atom stereocenters. The number of hydrogen-bond acceptors (Lipinski definition) is 1. The van der Waals surface area contributed by atoms with Gasteiger partial charge in [0.15, 0.2) is 0 Å². The Morgan fingerprint density at radius 2 is 1.21 bits per heavy atom. The van der Waals surface area contributed by atoms with E-state index >= 15 is 0 Å². The van der Waals surface area contributed by atoms with Crippen molar-refractivity contribution < 1.29 is 0 Å². The topological polar surface area (TPSA) is 12.4 Å². The van der Waals surface area contributed by atoms with Gasteiger partial charge in [0.2, 0.25) is 0 Å². The third kappa shape index (κ3) is 30.4. The van der Waals surface area contributed by atoms with Crippen LogP contribution in [0.5, 0.6) is 0 Å². The standard InChI is InChI=1S/C7H11N.3C2H6/c1-5-8-7(4)6(2)3;3*1-2/h5H,1-2H2,3-4H3;3*1-2H3. The zero-order valence-electron chi connectivity index (χ0n) is 11.4. The summed E-state index contributed by atoms with van der Waals surface area (Å²) in [6, 6.07) is 0. The summed E-state index contributed by atoms with van der Waals surface area (Å²) >= 11 is 0. The Hall–Kier alpha value is -0.850. The first kappa shape index (κ1) is 23.2. The van der Waals surface area contributed by atoms with Crippen LogP contribution in [0.25, 0.3) is 0 Å². The molecule has 0 amide bonds. The summed E-state index contributed by atoms with van der Waals surface area (Å²) < 4.78 is 0. The Labute approximate surface area is 91.7 Å². The average molecular weight is 199 g/mol. The fraction of sp³-hybridized carbons (Fsp3) is 0.615. The molecule has 0 saturated heterocycles. The minimum Gasteiger partial charge on any atom is -0.262 e. The molecule has 0 aliphatic heterocycles. The third-order valence-electron chi connectivity index (χ3n) is 0.903. The van der Waals surface area contributed by atoms with Gasteiger partial charge in [0.1, 0.15) is 0 Å². The molecule has 0 aliphatic carbocycles. The first-order valence-corrected chi connectivity index (χ1v) is 5.49. The van der Waals surface area contributed by atoms with Crippen LogP contribution >= 0.6 is 0 Å². The molecule has 0 atom stereocenters. The Kier molecular flexibility index (Phi) is 48.9. The van der Waals surface area contributed by atoms with E-state index in [0.29, 0.717) is 0 Å². The third-order valence-corrected chi connectivity index (χ3v) is 0.903. The van der Waals surface area contributed by atoms with Crippen molar-refractivity contribution in [1.82, 2.24) is 0 Å². The van der Waals surface area contributed by atoms with Gasteiger partial charge in [-0.2, -0.15) is 0 Å². The van der Waals surface area contributed by atoms with Crippen molar-refractivity contribution in [3.63, 3.8) is 0 Å². The van der Waals surface area contributed by atoms with Gasteiger partial charge in [-0.15, -0.1) is 0 Å². The van der Waals surface area contributed by atoms with E-state index in [9.17, 15) is 0 Å². The van der Waals surface area contributed by atoms with Gasteiger partial charge in [-0.05, 0) is 19.4 Å². The van der Waals surface area contributed by atoms with Gasteiger partial charge in [0.05, 0.1) is 0 Å². The fourth-order valence-corrected chi connectivity index (χ4v) is 0.247. The molecule has 1 heteroatoms. The maximum atomic E-state index is 3.91. The molecular weight excluding hydrogens is 170 g/mol. The van der Waals surface area contributed by atoms with E-state index in [4.69, 9.17) is 0 Å². The molecule has 0 aromatic carbocycles. The van der Waals surface area contributed by atoms with Gasteiger partial charge in [0, 0.05) is 11.9 Å². The molecule has 0 N–H and O–H groups in total. The molecule has 0 fully saturated rings. The lowest BCUT2D eigenvalue weighted by atomic mass is 10.2. The van der Waals surface area contributed by atoms with Crippen molar-refractivity contribution in [3.8, 4) is 0 Å². The molecule has 0 radical (unpaired) electrons. The Morgan fingerprint density at radius 3 is 1.29 bits per heavy atom. The van der Waals surface area contributed by atoms with Crippen LogP contribution < -0.4 is 0 Å². The van der Waals surface area contributed by atoms with Crippen LogP contribution in [0.4, 0.5) is 0 Å². The average Bonchev–Trinajstić information content (AvgIpc) is 2.27. The molecule has 0 aliphatic rings. The fourth-order valence-electron chi connectivity index (χ4n) is 0.247. The first-order valence-electron chi connectivity index (χ1n) is 5.49. The highest BCUT2D eigenvalue weighted by molar-refractivity contribution is 5.97. The van der Waals surface area contributed by atoms with Gasteiger partial charge < -0.3 is 0 Å². The van der Waals surface area contributed by atoms with Crippen molar-refractivity contribution in [2.75, 3.05) is 0 Å². The summed E-state index contributed by atoms with van der Waals surface area (Å²) in [6.45, 7) is 23.0. The first-order chi connectivity index (χ1) is 6.68. The minimum absolute atomic E-state index is 0.944. The monoisotopic (exact) mass is 199 g/mol. The Morgan fingerprint density at radius 1 is 0.929 bits per heavy atom. The molecule has 0 rings (SSSR count). The molecule has 1 nitrogen and oxygen atoms in total.